The summed E-state index contributed by atoms with van der Waals surface area (Å²) in [6.07, 6.45) is 1.56. The zero-order chi connectivity index (χ0) is 21.6. The van der Waals surface area contributed by atoms with Crippen molar-refractivity contribution in [3.05, 3.63) is 35.2 Å². The van der Waals surface area contributed by atoms with E-state index in [0.29, 0.717) is 11.7 Å². The number of primary amides is 1. The highest BCUT2D eigenvalue weighted by Gasteiger charge is 2.05. The van der Waals surface area contributed by atoms with Gasteiger partial charge in [-0.2, -0.15) is 4.99 Å². The first-order valence-corrected chi connectivity index (χ1v) is 9.45. The topological polar surface area (TPSA) is 167 Å². The Balaban J connectivity index is 0.000000960. The minimum Gasteiger partial charge on any atom is -0.465 e. The van der Waals surface area contributed by atoms with Gasteiger partial charge in [-0.05, 0) is 24.8 Å². The molecule has 2 rings (SSSR count). The Hall–Kier alpha value is -3.47. The Labute approximate surface area is 171 Å². The third-order valence-corrected chi connectivity index (χ3v) is 4.10. The molecule has 3 amide bonds. The summed E-state index contributed by atoms with van der Waals surface area (Å²) in [7, 11) is 0. The number of amides is 3. The first kappa shape index (κ1) is 23.6. The summed E-state index contributed by atoms with van der Waals surface area (Å²) in [4.78, 5) is 37.6. The van der Waals surface area contributed by atoms with Crippen molar-refractivity contribution in [2.75, 3.05) is 11.9 Å². The number of aliphatic imine (C=N–C) groups is 1. The van der Waals surface area contributed by atoms with Gasteiger partial charge in [0.15, 0.2) is 5.13 Å². The first-order valence-electron chi connectivity index (χ1n) is 8.57. The van der Waals surface area contributed by atoms with Crippen LogP contribution in [-0.2, 0) is 11.2 Å². The number of hydrogen-bond acceptors (Lipinski definition) is 5. The lowest BCUT2D eigenvalue weighted by Crippen LogP contribution is -2.13. The molecule has 0 aliphatic rings. The molecule has 0 fully saturated rings. The fourth-order valence-electron chi connectivity index (χ4n) is 2.18. The van der Waals surface area contributed by atoms with Crippen LogP contribution in [0, 0.1) is 0 Å². The molecule has 29 heavy (non-hydrogen) atoms. The normalized spacial score (nSPS) is 10.1. The summed E-state index contributed by atoms with van der Waals surface area (Å²) in [5.74, 6) is -0.125. The molecule has 1 aromatic heterocycles. The third kappa shape index (κ3) is 11.1. The van der Waals surface area contributed by atoms with Gasteiger partial charge >= 0.3 is 12.2 Å². The number of carboxylic acid groups (broad SMARTS) is 2. The summed E-state index contributed by atoms with van der Waals surface area (Å²) >= 11 is 1.40. The second-order valence-electron chi connectivity index (χ2n) is 5.71. The van der Waals surface area contributed by atoms with Crippen LogP contribution in [0.4, 0.5) is 14.7 Å². The van der Waals surface area contributed by atoms with Gasteiger partial charge in [-0.1, -0.05) is 24.3 Å². The third-order valence-electron chi connectivity index (χ3n) is 3.34. The largest absolute Gasteiger partial charge is 0.465 e. The number of unbranched alkanes of at least 4 members (excludes halogenated alkanes) is 1. The van der Waals surface area contributed by atoms with Crippen molar-refractivity contribution in [1.29, 1.82) is 0 Å². The Morgan fingerprint density at radius 2 is 1.86 bits per heavy atom. The van der Waals surface area contributed by atoms with Gasteiger partial charge in [0.2, 0.25) is 5.91 Å². The van der Waals surface area contributed by atoms with E-state index in [4.69, 9.17) is 15.0 Å². The van der Waals surface area contributed by atoms with E-state index in [-0.39, 0.29) is 5.91 Å². The number of thiazole rings is 1. The second kappa shape index (κ2) is 12.8. The molecule has 10 nitrogen and oxygen atoms in total. The Kier molecular flexibility index (Phi) is 10.4. The Morgan fingerprint density at radius 3 is 2.45 bits per heavy atom. The molecule has 0 unspecified atom stereocenters. The van der Waals surface area contributed by atoms with E-state index in [1.807, 2.05) is 17.5 Å². The summed E-state index contributed by atoms with van der Waals surface area (Å²) in [6, 6.07) is 8.21. The molecule has 1 heterocycles. The molecular formula is C18H23N5O5S. The van der Waals surface area contributed by atoms with Crippen LogP contribution < -0.4 is 16.4 Å². The van der Waals surface area contributed by atoms with Crippen LogP contribution in [-0.4, -0.2) is 46.2 Å². The molecule has 2 aromatic rings. The maximum absolute atomic E-state index is 11.0. The van der Waals surface area contributed by atoms with Crippen LogP contribution in [0.15, 0.2) is 34.6 Å². The van der Waals surface area contributed by atoms with Crippen LogP contribution in [0.25, 0.3) is 11.3 Å². The number of aromatic nitrogens is 1. The number of aryl methyl sites for hydroxylation is 1. The van der Waals surface area contributed by atoms with Gasteiger partial charge in [-0.15, -0.1) is 11.3 Å². The van der Waals surface area contributed by atoms with Crippen LogP contribution >= 0.6 is 11.3 Å². The number of anilines is 1. The van der Waals surface area contributed by atoms with E-state index < -0.39 is 12.2 Å². The number of carbonyl (C=O) groups is 3. The molecule has 0 saturated carbocycles. The summed E-state index contributed by atoms with van der Waals surface area (Å²) < 4.78 is 0. The number of hydrogen-bond donors (Lipinski definition) is 5. The number of nitrogens with two attached hydrogens (primary N) is 1. The van der Waals surface area contributed by atoms with Gasteiger partial charge < -0.3 is 26.6 Å². The maximum Gasteiger partial charge on any atom is 0.432 e. The average molecular weight is 421 g/mol. The molecule has 1 aromatic carbocycles. The van der Waals surface area contributed by atoms with Crippen molar-refractivity contribution in [1.82, 2.24) is 10.3 Å². The standard InChI is InChI=1S/C17H20N4O3S.CH3NO2/c1-12(22)20-16-21-15(10-25-16)14-7-5-13(6-8-14)4-2-3-9-18-11-19-17(23)24;2-1(3)4/h5-8,10-11H,2-4,9H2,1H3,(H,18,19)(H,23,24)(H,20,21,22);2H2,(H,3,4). The number of benzene rings is 1. The SMILES string of the molecule is CC(=O)Nc1nc(-c2ccc(CCCCNC=NC(=O)O)cc2)cs1.NC(=O)O. The van der Waals surface area contributed by atoms with Gasteiger partial charge in [-0.25, -0.2) is 14.6 Å². The Bertz CT molecular complexity index is 831. The Morgan fingerprint density at radius 1 is 1.21 bits per heavy atom. The van der Waals surface area contributed by atoms with Gasteiger partial charge in [0.25, 0.3) is 0 Å². The predicted molar refractivity (Wildman–Crippen MR) is 112 cm³/mol. The predicted octanol–water partition coefficient (Wildman–Crippen LogP) is 3.01. The van der Waals surface area contributed by atoms with Gasteiger partial charge in [0.05, 0.1) is 12.0 Å². The van der Waals surface area contributed by atoms with Crippen LogP contribution in [0.2, 0.25) is 0 Å². The van der Waals surface area contributed by atoms with Crippen LogP contribution in [0.5, 0.6) is 0 Å². The lowest BCUT2D eigenvalue weighted by atomic mass is 10.1. The molecule has 0 aliphatic carbocycles. The van der Waals surface area contributed by atoms with Crippen molar-refractivity contribution < 1.29 is 24.6 Å². The molecule has 0 atom stereocenters. The minimum absolute atomic E-state index is 0.125. The maximum atomic E-state index is 11.0. The number of carbonyl (C=O) groups excluding carboxylic acids is 1. The molecular weight excluding hydrogens is 398 g/mol. The molecule has 156 valence electrons. The van der Waals surface area contributed by atoms with Crippen molar-refractivity contribution >= 4 is 40.9 Å². The lowest BCUT2D eigenvalue weighted by molar-refractivity contribution is -0.114. The zero-order valence-corrected chi connectivity index (χ0v) is 16.6. The molecule has 6 N–H and O–H groups in total. The van der Waals surface area contributed by atoms with Crippen LogP contribution in [0.1, 0.15) is 25.3 Å². The molecule has 0 radical (unpaired) electrons. The van der Waals surface area contributed by atoms with E-state index >= 15 is 0 Å². The number of nitrogens with zero attached hydrogens (tertiary/aromatic N) is 2. The van der Waals surface area contributed by atoms with E-state index in [2.05, 4.69) is 38.5 Å². The number of nitrogens with one attached hydrogen (secondary N) is 2. The molecule has 0 saturated heterocycles. The van der Waals surface area contributed by atoms with Crippen molar-refractivity contribution in [2.24, 2.45) is 10.7 Å². The van der Waals surface area contributed by atoms with E-state index in [1.54, 1.807) is 0 Å². The van der Waals surface area contributed by atoms with E-state index in [0.717, 1.165) is 30.5 Å². The fourth-order valence-corrected chi connectivity index (χ4v) is 2.94. The van der Waals surface area contributed by atoms with Crippen LogP contribution in [0.3, 0.4) is 0 Å². The van der Waals surface area contributed by atoms with Crippen molar-refractivity contribution in [2.45, 2.75) is 26.2 Å². The lowest BCUT2D eigenvalue weighted by Gasteiger charge is -2.03. The zero-order valence-electron chi connectivity index (χ0n) is 15.8. The number of rotatable bonds is 8. The van der Waals surface area contributed by atoms with Gasteiger partial charge in [-0.3, -0.25) is 4.79 Å². The van der Waals surface area contributed by atoms with Crippen molar-refractivity contribution in [3.63, 3.8) is 0 Å². The van der Waals surface area contributed by atoms with E-state index in [9.17, 15) is 9.59 Å². The van der Waals surface area contributed by atoms with E-state index in [1.165, 1.54) is 30.2 Å². The second-order valence-corrected chi connectivity index (χ2v) is 6.56. The minimum atomic E-state index is -1.33. The quantitative estimate of drug-likeness (QED) is 0.248. The molecule has 0 spiro atoms. The molecule has 0 aliphatic heterocycles. The monoisotopic (exact) mass is 421 g/mol. The summed E-state index contributed by atoms with van der Waals surface area (Å²) in [5.41, 5.74) is 7.13. The van der Waals surface area contributed by atoms with Gasteiger partial charge in [0, 0.05) is 24.4 Å². The smallest absolute Gasteiger partial charge is 0.432 e. The fraction of sp³-hybridized carbons (Fsp3) is 0.278. The highest BCUT2D eigenvalue weighted by Crippen LogP contribution is 2.25. The molecule has 0 bridgehead atoms. The highest BCUT2D eigenvalue weighted by atomic mass is 32.1. The first-order chi connectivity index (χ1) is 13.8. The summed E-state index contributed by atoms with van der Waals surface area (Å²) in [5, 5.41) is 23.6. The summed E-state index contributed by atoms with van der Waals surface area (Å²) in [6.45, 7) is 2.16. The van der Waals surface area contributed by atoms with Gasteiger partial charge in [0.1, 0.15) is 0 Å². The van der Waals surface area contributed by atoms with Crippen molar-refractivity contribution in [3.8, 4) is 11.3 Å². The molecule has 11 heteroatoms. The average Bonchev–Trinajstić information content (AvgIpc) is 3.08. The highest BCUT2D eigenvalue weighted by molar-refractivity contribution is 7.14.